The minimum atomic E-state index is 0.438. The van der Waals surface area contributed by atoms with Crippen molar-refractivity contribution in [1.82, 2.24) is 9.97 Å². The summed E-state index contributed by atoms with van der Waals surface area (Å²) >= 11 is 0. The number of rotatable bonds is 6. The van der Waals surface area contributed by atoms with Gasteiger partial charge in [0.15, 0.2) is 11.6 Å². The van der Waals surface area contributed by atoms with E-state index in [0.29, 0.717) is 17.3 Å². The summed E-state index contributed by atoms with van der Waals surface area (Å²) in [5, 5.41) is 5.26. The van der Waals surface area contributed by atoms with Crippen LogP contribution in [0.2, 0.25) is 0 Å². The molecule has 0 aliphatic carbocycles. The number of nitrogens with one attached hydrogen (secondary N) is 2. The van der Waals surface area contributed by atoms with E-state index in [2.05, 4.69) is 52.8 Å². The Kier molecular flexibility index (Phi) is 5.48. The Morgan fingerprint density at radius 1 is 0.733 bits per heavy atom. The van der Waals surface area contributed by atoms with E-state index in [1.54, 1.807) is 0 Å². The highest BCUT2D eigenvalue weighted by Gasteiger charge is 2.14. The monoisotopic (exact) mass is 396 g/mol. The second-order valence-corrected chi connectivity index (χ2v) is 7.10. The van der Waals surface area contributed by atoms with Gasteiger partial charge in [-0.05, 0) is 61.4 Å². The summed E-state index contributed by atoms with van der Waals surface area (Å²) in [6, 6.07) is 26.2. The molecule has 30 heavy (non-hydrogen) atoms. The molecule has 0 radical (unpaired) electrons. The molecular formula is C24H24N6. The fourth-order valence-corrected chi connectivity index (χ4v) is 3.31. The molecule has 150 valence electrons. The lowest BCUT2D eigenvalue weighted by Crippen LogP contribution is -2.26. The van der Waals surface area contributed by atoms with Gasteiger partial charge in [-0.15, -0.1) is 0 Å². The molecule has 1 aromatic heterocycles. The Balaban J connectivity index is 1.67. The van der Waals surface area contributed by atoms with E-state index in [4.69, 9.17) is 5.73 Å². The number of nitrogens with two attached hydrogens (primary N) is 1. The Labute approximate surface area is 176 Å². The second-order valence-electron chi connectivity index (χ2n) is 7.10. The predicted octanol–water partition coefficient (Wildman–Crippen LogP) is 5.58. The third-order valence-electron chi connectivity index (χ3n) is 4.61. The maximum absolute atomic E-state index is 6.44. The number of aromatic nitrogens is 2. The summed E-state index contributed by atoms with van der Waals surface area (Å²) < 4.78 is 0. The zero-order valence-corrected chi connectivity index (χ0v) is 17.0. The van der Waals surface area contributed by atoms with Crippen molar-refractivity contribution in [2.24, 2.45) is 0 Å². The molecule has 3 aromatic carbocycles. The molecule has 0 aliphatic heterocycles. The van der Waals surface area contributed by atoms with Crippen LogP contribution >= 0.6 is 0 Å². The molecule has 0 unspecified atom stereocenters. The van der Waals surface area contributed by atoms with Crippen LogP contribution in [0.25, 0.3) is 0 Å². The zero-order valence-electron chi connectivity index (χ0n) is 17.0. The van der Waals surface area contributed by atoms with Crippen LogP contribution < -0.4 is 21.5 Å². The lowest BCUT2D eigenvalue weighted by molar-refractivity contribution is 1.09. The van der Waals surface area contributed by atoms with Crippen molar-refractivity contribution in [2.75, 3.05) is 21.5 Å². The number of para-hydroxylation sites is 2. The van der Waals surface area contributed by atoms with Gasteiger partial charge in [-0.1, -0.05) is 42.5 Å². The van der Waals surface area contributed by atoms with Gasteiger partial charge < -0.3 is 11.1 Å². The quantitative estimate of drug-likeness (QED) is 0.369. The van der Waals surface area contributed by atoms with E-state index in [9.17, 15) is 0 Å². The lowest BCUT2D eigenvalue weighted by Gasteiger charge is -2.26. The molecule has 6 nitrogen and oxygen atoms in total. The van der Waals surface area contributed by atoms with Crippen LogP contribution in [0.3, 0.4) is 0 Å². The topological polar surface area (TPSA) is 79.1 Å². The summed E-state index contributed by atoms with van der Waals surface area (Å²) in [4.78, 5) is 8.72. The molecule has 0 fully saturated rings. The Morgan fingerprint density at radius 2 is 1.27 bits per heavy atom. The van der Waals surface area contributed by atoms with E-state index >= 15 is 0 Å². The number of anilines is 6. The largest absolute Gasteiger partial charge is 0.393 e. The molecule has 0 saturated heterocycles. The minimum absolute atomic E-state index is 0.438. The van der Waals surface area contributed by atoms with Crippen LogP contribution in [0.5, 0.6) is 0 Å². The first-order valence-electron chi connectivity index (χ1n) is 9.73. The summed E-state index contributed by atoms with van der Waals surface area (Å²) in [6.07, 6.45) is 1.50. The highest BCUT2D eigenvalue weighted by Crippen LogP contribution is 2.30. The van der Waals surface area contributed by atoms with E-state index < -0.39 is 0 Å². The lowest BCUT2D eigenvalue weighted by atomic mass is 10.1. The molecule has 0 spiro atoms. The van der Waals surface area contributed by atoms with Gasteiger partial charge in [0.25, 0.3) is 0 Å². The summed E-state index contributed by atoms with van der Waals surface area (Å²) in [7, 11) is 0. The molecule has 1 heterocycles. The molecule has 0 amide bonds. The molecular weight excluding hydrogens is 372 g/mol. The first-order valence-corrected chi connectivity index (χ1v) is 9.73. The minimum Gasteiger partial charge on any atom is -0.393 e. The van der Waals surface area contributed by atoms with Crippen LogP contribution in [-0.4, -0.2) is 9.97 Å². The SMILES string of the molecule is Cc1cc(C)cc(Nc2ncnc(NN(c3ccccc3)c3ccccc3)c2N)c1. The number of benzene rings is 3. The number of hydrogen-bond acceptors (Lipinski definition) is 6. The van der Waals surface area contributed by atoms with E-state index in [1.165, 1.54) is 17.5 Å². The summed E-state index contributed by atoms with van der Waals surface area (Å²) in [5.74, 6) is 1.07. The molecule has 0 bridgehead atoms. The maximum Gasteiger partial charge on any atom is 0.173 e. The van der Waals surface area contributed by atoms with Crippen LogP contribution in [0, 0.1) is 13.8 Å². The maximum atomic E-state index is 6.44. The molecule has 4 rings (SSSR count). The van der Waals surface area contributed by atoms with Crippen LogP contribution in [-0.2, 0) is 0 Å². The molecule has 4 N–H and O–H groups in total. The number of nitrogens with zero attached hydrogens (tertiary/aromatic N) is 3. The third-order valence-corrected chi connectivity index (χ3v) is 4.61. The highest BCUT2D eigenvalue weighted by atomic mass is 15.5. The van der Waals surface area contributed by atoms with Crippen molar-refractivity contribution in [3.05, 3.63) is 96.3 Å². The third kappa shape index (κ3) is 4.33. The highest BCUT2D eigenvalue weighted by molar-refractivity contribution is 5.80. The van der Waals surface area contributed by atoms with Gasteiger partial charge in [0, 0.05) is 5.69 Å². The smallest absolute Gasteiger partial charge is 0.173 e. The Hall–Kier alpha value is -4.06. The van der Waals surface area contributed by atoms with Gasteiger partial charge in [-0.2, -0.15) is 0 Å². The number of aryl methyl sites for hydroxylation is 2. The summed E-state index contributed by atoms with van der Waals surface area (Å²) in [6.45, 7) is 4.12. The van der Waals surface area contributed by atoms with Gasteiger partial charge >= 0.3 is 0 Å². The van der Waals surface area contributed by atoms with Crippen molar-refractivity contribution in [1.29, 1.82) is 0 Å². The van der Waals surface area contributed by atoms with Gasteiger partial charge in [-0.25, -0.2) is 9.97 Å². The average Bonchev–Trinajstić information content (AvgIpc) is 2.75. The van der Waals surface area contributed by atoms with Gasteiger partial charge in [0.05, 0.1) is 11.4 Å². The van der Waals surface area contributed by atoms with Crippen molar-refractivity contribution < 1.29 is 0 Å². The predicted molar refractivity (Wildman–Crippen MR) is 124 cm³/mol. The van der Waals surface area contributed by atoms with Crippen LogP contribution in [0.15, 0.2) is 85.2 Å². The zero-order chi connectivity index (χ0) is 20.9. The Bertz CT molecular complexity index is 1070. The standard InChI is InChI=1S/C24H24N6/c1-17-13-18(2)15-19(14-17)28-23-22(25)24(27-16-26-23)29-30(20-9-5-3-6-10-20)21-11-7-4-8-12-21/h3-16H,25H2,1-2H3,(H2,26,27,28,29). The molecule has 0 saturated carbocycles. The fraction of sp³-hybridized carbons (Fsp3) is 0.0833. The van der Waals surface area contributed by atoms with Gasteiger partial charge in [-0.3, -0.25) is 10.4 Å². The molecule has 6 heteroatoms. The second kappa shape index (κ2) is 8.53. The van der Waals surface area contributed by atoms with E-state index in [0.717, 1.165) is 17.1 Å². The molecule has 4 aromatic rings. The van der Waals surface area contributed by atoms with Crippen molar-refractivity contribution in [2.45, 2.75) is 13.8 Å². The van der Waals surface area contributed by atoms with Crippen molar-refractivity contribution in [3.63, 3.8) is 0 Å². The van der Waals surface area contributed by atoms with Crippen molar-refractivity contribution in [3.8, 4) is 0 Å². The van der Waals surface area contributed by atoms with Crippen LogP contribution in [0.4, 0.5) is 34.4 Å². The normalized spacial score (nSPS) is 10.5. The molecule has 0 aliphatic rings. The van der Waals surface area contributed by atoms with Crippen LogP contribution in [0.1, 0.15) is 11.1 Å². The van der Waals surface area contributed by atoms with Crippen molar-refractivity contribution >= 4 is 34.4 Å². The van der Waals surface area contributed by atoms with Gasteiger partial charge in [0.1, 0.15) is 12.0 Å². The first kappa shape index (κ1) is 19.3. The average molecular weight is 396 g/mol. The summed E-state index contributed by atoms with van der Waals surface area (Å²) in [5.41, 5.74) is 15.4. The number of hydrazine groups is 1. The first-order chi connectivity index (χ1) is 14.6. The Morgan fingerprint density at radius 3 is 1.83 bits per heavy atom. The van der Waals surface area contributed by atoms with E-state index in [-0.39, 0.29) is 0 Å². The van der Waals surface area contributed by atoms with Gasteiger partial charge in [0.2, 0.25) is 0 Å². The fourth-order valence-electron chi connectivity index (χ4n) is 3.31. The van der Waals surface area contributed by atoms with E-state index in [1.807, 2.05) is 65.7 Å². The number of nitrogen functional groups attached to an aromatic ring is 1. The molecule has 0 atom stereocenters. The number of hydrogen-bond donors (Lipinski definition) is 3.